The summed E-state index contributed by atoms with van der Waals surface area (Å²) in [6.07, 6.45) is 1.50. The summed E-state index contributed by atoms with van der Waals surface area (Å²) in [6.45, 7) is 4.38. The third-order valence-corrected chi connectivity index (χ3v) is 6.93. The zero-order chi connectivity index (χ0) is 27.2. The number of methoxy groups -OCH3 is 2. The van der Waals surface area contributed by atoms with E-state index in [1.807, 2.05) is 67.1 Å². The van der Waals surface area contributed by atoms with Crippen molar-refractivity contribution in [2.24, 2.45) is 0 Å². The Morgan fingerprint density at radius 1 is 1.11 bits per heavy atom. The highest BCUT2D eigenvalue weighted by atomic mass is 32.1. The minimum absolute atomic E-state index is 0.113. The van der Waals surface area contributed by atoms with E-state index in [4.69, 9.17) is 9.47 Å². The second-order valence-electron chi connectivity index (χ2n) is 8.49. The van der Waals surface area contributed by atoms with Crippen LogP contribution in [0.2, 0.25) is 0 Å². The van der Waals surface area contributed by atoms with Crippen molar-refractivity contribution in [3.63, 3.8) is 0 Å². The number of nitriles is 1. The first kappa shape index (κ1) is 26.4. The first-order chi connectivity index (χ1) is 18.3. The molecule has 0 spiro atoms. The number of aromatic nitrogens is 2. The summed E-state index contributed by atoms with van der Waals surface area (Å²) in [5.41, 5.74) is 4.43. The van der Waals surface area contributed by atoms with Crippen molar-refractivity contribution >= 4 is 34.3 Å². The molecule has 0 bridgehead atoms. The predicted octanol–water partition coefficient (Wildman–Crippen LogP) is 5.62. The maximum atomic E-state index is 13.1. The van der Waals surface area contributed by atoms with Gasteiger partial charge in [-0.1, -0.05) is 36.4 Å². The number of hydrogen-bond donors (Lipinski definition) is 1. The zero-order valence-electron chi connectivity index (χ0n) is 21.4. The van der Waals surface area contributed by atoms with Gasteiger partial charge in [-0.2, -0.15) is 10.4 Å². The number of carbonyl (C=O) groups excluding carboxylic acids is 2. The molecule has 8 nitrogen and oxygen atoms in total. The van der Waals surface area contributed by atoms with Crippen LogP contribution in [0.3, 0.4) is 0 Å². The van der Waals surface area contributed by atoms with Crippen molar-refractivity contribution in [3.05, 3.63) is 94.3 Å². The van der Waals surface area contributed by atoms with Gasteiger partial charge < -0.3 is 14.8 Å². The predicted molar refractivity (Wildman–Crippen MR) is 147 cm³/mol. The van der Waals surface area contributed by atoms with Crippen molar-refractivity contribution in [2.45, 2.75) is 20.4 Å². The number of carbonyl (C=O) groups is 2. The van der Waals surface area contributed by atoms with Gasteiger partial charge in [0.2, 0.25) is 0 Å². The molecule has 0 radical (unpaired) electrons. The van der Waals surface area contributed by atoms with E-state index < -0.39 is 11.9 Å². The number of rotatable bonds is 8. The Morgan fingerprint density at radius 2 is 1.87 bits per heavy atom. The zero-order valence-corrected chi connectivity index (χ0v) is 22.3. The molecule has 0 aliphatic carbocycles. The molecule has 0 saturated carbocycles. The Balaban J connectivity index is 1.63. The molecule has 0 fully saturated rings. The Morgan fingerprint density at radius 3 is 2.50 bits per heavy atom. The number of benzene rings is 2. The molecule has 192 valence electrons. The molecule has 0 saturated heterocycles. The summed E-state index contributed by atoms with van der Waals surface area (Å²) in [6, 6.07) is 20.5. The second kappa shape index (κ2) is 11.6. The van der Waals surface area contributed by atoms with Crippen LogP contribution in [0, 0.1) is 25.2 Å². The lowest BCUT2D eigenvalue weighted by atomic mass is 10.1. The summed E-state index contributed by atoms with van der Waals surface area (Å²) in [7, 11) is 2.87. The molecular weight excluding hydrogens is 500 g/mol. The number of nitrogens with one attached hydrogen (secondary N) is 1. The second-order valence-corrected chi connectivity index (χ2v) is 9.54. The average Bonchev–Trinajstić information content (AvgIpc) is 3.49. The molecule has 0 aliphatic rings. The number of hydrogen-bond acceptors (Lipinski definition) is 7. The van der Waals surface area contributed by atoms with Crippen LogP contribution in [0.15, 0.2) is 66.2 Å². The van der Waals surface area contributed by atoms with Crippen LogP contribution in [0.1, 0.15) is 32.9 Å². The average molecular weight is 527 g/mol. The number of amides is 1. The van der Waals surface area contributed by atoms with Gasteiger partial charge in [-0.15, -0.1) is 11.3 Å². The number of esters is 1. The van der Waals surface area contributed by atoms with Gasteiger partial charge in [0.1, 0.15) is 22.4 Å². The third-order valence-electron chi connectivity index (χ3n) is 5.83. The molecule has 0 unspecified atom stereocenters. The fourth-order valence-electron chi connectivity index (χ4n) is 3.98. The van der Waals surface area contributed by atoms with Crippen LogP contribution in [-0.4, -0.2) is 35.9 Å². The molecule has 4 aromatic rings. The Kier molecular flexibility index (Phi) is 8.04. The van der Waals surface area contributed by atoms with E-state index in [0.717, 1.165) is 27.4 Å². The fourth-order valence-corrected chi connectivity index (χ4v) is 5.03. The van der Waals surface area contributed by atoms with Crippen molar-refractivity contribution in [1.82, 2.24) is 9.78 Å². The van der Waals surface area contributed by atoms with E-state index in [9.17, 15) is 14.9 Å². The summed E-state index contributed by atoms with van der Waals surface area (Å²) < 4.78 is 12.3. The normalized spacial score (nSPS) is 11.1. The Labute approximate surface area is 224 Å². The van der Waals surface area contributed by atoms with Gasteiger partial charge in [-0.25, -0.2) is 4.79 Å². The molecule has 2 aromatic heterocycles. The summed E-state index contributed by atoms with van der Waals surface area (Å²) >= 11 is 1.24. The van der Waals surface area contributed by atoms with E-state index >= 15 is 0 Å². The van der Waals surface area contributed by atoms with Gasteiger partial charge in [-0.05, 0) is 55.3 Å². The standard InChI is InChI=1S/C29H26N4O4S/c1-18-12-19(2)33(32-18)17-23-14-20(10-11-25(23)36-3)13-22(16-30)27(34)31-28-24(29(35)37-4)15-26(38-28)21-8-6-5-7-9-21/h5-15H,17H2,1-4H3,(H,31,34)/b22-13+. The highest BCUT2D eigenvalue weighted by Gasteiger charge is 2.21. The number of thiophene rings is 1. The summed E-state index contributed by atoms with van der Waals surface area (Å²) in [5, 5.41) is 17.3. The molecule has 1 amide bonds. The van der Waals surface area contributed by atoms with Crippen LogP contribution in [-0.2, 0) is 16.1 Å². The van der Waals surface area contributed by atoms with Crippen molar-refractivity contribution < 1.29 is 19.1 Å². The lowest BCUT2D eigenvalue weighted by Gasteiger charge is -2.11. The van der Waals surface area contributed by atoms with Gasteiger partial charge in [-0.3, -0.25) is 9.48 Å². The molecule has 38 heavy (non-hydrogen) atoms. The van der Waals surface area contributed by atoms with Gasteiger partial charge in [0, 0.05) is 16.1 Å². The fraction of sp³-hybridized carbons (Fsp3) is 0.172. The lowest BCUT2D eigenvalue weighted by Crippen LogP contribution is -2.15. The molecule has 2 heterocycles. The van der Waals surface area contributed by atoms with Crippen LogP contribution in [0.4, 0.5) is 5.00 Å². The molecule has 0 atom stereocenters. The van der Waals surface area contributed by atoms with Crippen LogP contribution in [0.5, 0.6) is 5.75 Å². The summed E-state index contributed by atoms with van der Waals surface area (Å²) in [5.74, 6) is -0.535. The van der Waals surface area contributed by atoms with Crippen LogP contribution in [0.25, 0.3) is 16.5 Å². The monoisotopic (exact) mass is 526 g/mol. The maximum absolute atomic E-state index is 13.1. The quantitative estimate of drug-likeness (QED) is 0.182. The van der Waals surface area contributed by atoms with Crippen molar-refractivity contribution in [1.29, 1.82) is 5.26 Å². The van der Waals surface area contributed by atoms with E-state index in [-0.39, 0.29) is 11.1 Å². The van der Waals surface area contributed by atoms with Gasteiger partial charge in [0.25, 0.3) is 5.91 Å². The number of anilines is 1. The number of aryl methyl sites for hydroxylation is 2. The Hall–Kier alpha value is -4.68. The molecule has 2 aromatic carbocycles. The minimum Gasteiger partial charge on any atom is -0.496 e. The smallest absolute Gasteiger partial charge is 0.340 e. The van der Waals surface area contributed by atoms with Crippen LogP contribution >= 0.6 is 11.3 Å². The van der Waals surface area contributed by atoms with E-state index in [1.54, 1.807) is 25.3 Å². The van der Waals surface area contributed by atoms with Gasteiger partial charge in [0.05, 0.1) is 32.0 Å². The first-order valence-corrected chi connectivity index (χ1v) is 12.5. The Bertz CT molecular complexity index is 1560. The van der Waals surface area contributed by atoms with E-state index in [0.29, 0.717) is 22.9 Å². The SMILES string of the molecule is COC(=O)c1cc(-c2ccccc2)sc1NC(=O)/C(C#N)=C/c1ccc(OC)c(Cn2nc(C)cc2C)c1. The van der Waals surface area contributed by atoms with Gasteiger partial charge in [0.15, 0.2) is 0 Å². The molecular formula is C29H26N4O4S. The van der Waals surface area contributed by atoms with Crippen molar-refractivity contribution in [2.75, 3.05) is 19.5 Å². The van der Waals surface area contributed by atoms with Crippen molar-refractivity contribution in [3.8, 4) is 22.3 Å². The number of nitrogens with zero attached hydrogens (tertiary/aromatic N) is 3. The third kappa shape index (κ3) is 5.82. The van der Waals surface area contributed by atoms with E-state index in [2.05, 4.69) is 10.4 Å². The summed E-state index contributed by atoms with van der Waals surface area (Å²) in [4.78, 5) is 26.3. The molecule has 4 rings (SSSR count). The first-order valence-electron chi connectivity index (χ1n) is 11.7. The lowest BCUT2D eigenvalue weighted by molar-refractivity contribution is -0.112. The largest absolute Gasteiger partial charge is 0.496 e. The molecule has 1 N–H and O–H groups in total. The van der Waals surface area contributed by atoms with E-state index in [1.165, 1.54) is 24.5 Å². The van der Waals surface area contributed by atoms with Crippen LogP contribution < -0.4 is 10.1 Å². The minimum atomic E-state index is -0.630. The highest BCUT2D eigenvalue weighted by molar-refractivity contribution is 7.20. The number of ether oxygens (including phenoxy) is 2. The molecule has 9 heteroatoms. The topological polar surface area (TPSA) is 106 Å². The van der Waals surface area contributed by atoms with Gasteiger partial charge >= 0.3 is 5.97 Å². The highest BCUT2D eigenvalue weighted by Crippen LogP contribution is 2.36. The molecule has 0 aliphatic heterocycles. The maximum Gasteiger partial charge on any atom is 0.340 e.